The van der Waals surface area contributed by atoms with Crippen LogP contribution in [0.5, 0.6) is 0 Å². The first-order valence-corrected chi connectivity index (χ1v) is 10.9. The Hall–Kier alpha value is -0.690. The van der Waals surface area contributed by atoms with Gasteiger partial charge in [0.1, 0.15) is 18.3 Å². The molecule has 1 saturated heterocycles. The van der Waals surface area contributed by atoms with Crippen LogP contribution in [0.15, 0.2) is 0 Å². The zero-order chi connectivity index (χ0) is 19.9. The van der Waals surface area contributed by atoms with Gasteiger partial charge in [0, 0.05) is 6.42 Å². The zero-order valence-electron chi connectivity index (χ0n) is 17.0. The van der Waals surface area contributed by atoms with Crippen molar-refractivity contribution < 1.29 is 29.6 Å². The van der Waals surface area contributed by atoms with Crippen molar-refractivity contribution in [3.8, 4) is 0 Å². The summed E-state index contributed by atoms with van der Waals surface area (Å²) in [6.45, 7) is 1.82. The van der Waals surface area contributed by atoms with Crippen molar-refractivity contribution in [3.05, 3.63) is 0 Å². The van der Waals surface area contributed by atoms with Gasteiger partial charge in [-0.2, -0.15) is 0 Å². The molecule has 0 amide bonds. The van der Waals surface area contributed by atoms with Crippen molar-refractivity contribution in [3.63, 3.8) is 0 Å². The van der Waals surface area contributed by atoms with Crippen molar-refractivity contribution in [2.75, 3.05) is 6.61 Å². The number of carbonyl (C=O) groups is 1. The van der Waals surface area contributed by atoms with Gasteiger partial charge in [0.2, 0.25) is 6.29 Å². The smallest absolute Gasteiger partial charge is 0.308 e. The highest BCUT2D eigenvalue weighted by molar-refractivity contribution is 5.69. The fourth-order valence-electron chi connectivity index (χ4n) is 3.44. The minimum Gasteiger partial charge on any atom is -0.433 e. The molecule has 0 spiro atoms. The van der Waals surface area contributed by atoms with E-state index in [-0.39, 0.29) is 6.42 Å². The van der Waals surface area contributed by atoms with Gasteiger partial charge in [-0.3, -0.25) is 4.79 Å². The summed E-state index contributed by atoms with van der Waals surface area (Å²) < 4.78 is 10.2. The molecular weight excluding hydrogens is 348 g/mol. The summed E-state index contributed by atoms with van der Waals surface area (Å²) in [5.74, 6) is -0.437. The summed E-state index contributed by atoms with van der Waals surface area (Å²) in [6.07, 6.45) is 11.8. The Bertz CT molecular complexity index is 376. The Morgan fingerprint density at radius 3 is 1.74 bits per heavy atom. The number of esters is 1. The first-order chi connectivity index (χ1) is 13.1. The molecule has 0 aliphatic carbocycles. The molecule has 1 rings (SSSR count). The number of hydrogen-bond donors (Lipinski definition) is 3. The van der Waals surface area contributed by atoms with Gasteiger partial charge < -0.3 is 24.8 Å². The highest BCUT2D eigenvalue weighted by Crippen LogP contribution is 2.22. The van der Waals surface area contributed by atoms with Crippen LogP contribution in [0.25, 0.3) is 0 Å². The maximum atomic E-state index is 11.8. The number of aliphatic hydroxyl groups is 3. The molecule has 0 radical (unpaired) electrons. The normalized spacial score (nSPS) is 25.0. The lowest BCUT2D eigenvalue weighted by atomic mass is 10.0. The van der Waals surface area contributed by atoms with E-state index < -0.39 is 37.2 Å². The van der Waals surface area contributed by atoms with Crippen molar-refractivity contribution in [2.45, 2.75) is 121 Å². The minimum absolute atomic E-state index is 0.282. The Morgan fingerprint density at radius 1 is 0.815 bits per heavy atom. The third-order valence-electron chi connectivity index (χ3n) is 5.23. The number of rotatable bonds is 16. The minimum atomic E-state index is -1.31. The van der Waals surface area contributed by atoms with E-state index in [1.54, 1.807) is 0 Å². The standard InChI is InChI=1S/C21H40O6/c1-2-3-4-5-6-7-8-9-10-11-12-13-14-15-18(23)27-21-20(25)19(24)17(16-22)26-21/h17,19-22,24-25H,2-16H2,1H3/t17-,19-,20-,21?/m1/s1. The molecule has 0 aromatic carbocycles. The van der Waals surface area contributed by atoms with Crippen molar-refractivity contribution in [1.82, 2.24) is 0 Å². The second kappa shape index (κ2) is 15.3. The van der Waals surface area contributed by atoms with E-state index in [1.165, 1.54) is 64.2 Å². The van der Waals surface area contributed by atoms with Crippen molar-refractivity contribution in [1.29, 1.82) is 0 Å². The predicted octanol–water partition coefficient (Wildman–Crippen LogP) is 3.45. The van der Waals surface area contributed by atoms with Crippen LogP contribution in [0, 0.1) is 0 Å². The van der Waals surface area contributed by atoms with Gasteiger partial charge in [-0.15, -0.1) is 0 Å². The molecule has 1 aliphatic heterocycles. The molecule has 1 heterocycles. The third-order valence-corrected chi connectivity index (χ3v) is 5.23. The topological polar surface area (TPSA) is 96.2 Å². The lowest BCUT2D eigenvalue weighted by Crippen LogP contribution is -2.35. The van der Waals surface area contributed by atoms with Crippen molar-refractivity contribution >= 4 is 5.97 Å². The lowest BCUT2D eigenvalue weighted by Gasteiger charge is -2.15. The molecule has 0 aromatic heterocycles. The van der Waals surface area contributed by atoms with Crippen LogP contribution in [0.3, 0.4) is 0 Å². The van der Waals surface area contributed by atoms with Gasteiger partial charge in [0.25, 0.3) is 0 Å². The Labute approximate surface area is 164 Å². The molecule has 0 aromatic rings. The average Bonchev–Trinajstić information content (AvgIpc) is 2.93. The van der Waals surface area contributed by atoms with Gasteiger partial charge >= 0.3 is 5.97 Å². The second-order valence-corrected chi connectivity index (χ2v) is 7.69. The summed E-state index contributed by atoms with van der Waals surface area (Å²) in [5.41, 5.74) is 0. The third kappa shape index (κ3) is 10.4. The fraction of sp³-hybridized carbons (Fsp3) is 0.952. The average molecular weight is 389 g/mol. The molecule has 1 unspecified atom stereocenters. The molecule has 27 heavy (non-hydrogen) atoms. The summed E-state index contributed by atoms with van der Waals surface area (Å²) in [4.78, 5) is 11.8. The van der Waals surface area contributed by atoms with Crippen LogP contribution < -0.4 is 0 Å². The molecule has 160 valence electrons. The Morgan fingerprint density at radius 2 is 1.30 bits per heavy atom. The first-order valence-electron chi connectivity index (χ1n) is 10.9. The molecule has 3 N–H and O–H groups in total. The number of aliphatic hydroxyl groups excluding tert-OH is 3. The van der Waals surface area contributed by atoms with E-state index in [2.05, 4.69) is 6.92 Å². The molecular formula is C21H40O6. The predicted molar refractivity (Wildman–Crippen MR) is 104 cm³/mol. The molecule has 1 fully saturated rings. The van der Waals surface area contributed by atoms with E-state index in [1.807, 2.05) is 0 Å². The van der Waals surface area contributed by atoms with E-state index in [9.17, 15) is 15.0 Å². The quantitative estimate of drug-likeness (QED) is 0.277. The van der Waals surface area contributed by atoms with Crippen LogP contribution in [0.1, 0.15) is 96.8 Å². The van der Waals surface area contributed by atoms with E-state index in [4.69, 9.17) is 14.6 Å². The number of hydrogen-bond acceptors (Lipinski definition) is 6. The maximum absolute atomic E-state index is 11.8. The van der Waals surface area contributed by atoms with E-state index >= 15 is 0 Å². The zero-order valence-corrected chi connectivity index (χ0v) is 17.0. The molecule has 0 saturated carbocycles. The van der Waals surface area contributed by atoms with Crippen LogP contribution >= 0.6 is 0 Å². The summed E-state index contributed by atoms with van der Waals surface area (Å²) in [7, 11) is 0. The maximum Gasteiger partial charge on any atom is 0.308 e. The summed E-state index contributed by atoms with van der Waals surface area (Å²) in [5, 5.41) is 28.3. The van der Waals surface area contributed by atoms with Crippen LogP contribution in [0.2, 0.25) is 0 Å². The highest BCUT2D eigenvalue weighted by Gasteiger charge is 2.44. The molecule has 6 heteroatoms. The van der Waals surface area contributed by atoms with Gasteiger partial charge in [-0.25, -0.2) is 0 Å². The summed E-state index contributed by atoms with van der Waals surface area (Å²) >= 11 is 0. The number of unbranched alkanes of at least 4 members (excludes halogenated alkanes) is 12. The van der Waals surface area contributed by atoms with E-state index in [0.29, 0.717) is 0 Å². The molecule has 0 bridgehead atoms. The summed E-state index contributed by atoms with van der Waals surface area (Å²) in [6, 6.07) is 0. The molecule has 4 atom stereocenters. The van der Waals surface area contributed by atoms with Gasteiger partial charge in [0.15, 0.2) is 0 Å². The second-order valence-electron chi connectivity index (χ2n) is 7.69. The number of ether oxygens (including phenoxy) is 2. The van der Waals surface area contributed by atoms with Crippen molar-refractivity contribution in [2.24, 2.45) is 0 Å². The SMILES string of the molecule is CCCCCCCCCCCCCCCC(=O)OC1O[C@H](CO)[C@@H](O)[C@H]1O. The van der Waals surface area contributed by atoms with Crippen LogP contribution in [-0.4, -0.2) is 52.5 Å². The fourth-order valence-corrected chi connectivity index (χ4v) is 3.44. The van der Waals surface area contributed by atoms with Gasteiger partial charge in [-0.05, 0) is 6.42 Å². The Balaban J connectivity index is 1.90. The van der Waals surface area contributed by atoms with Gasteiger partial charge in [-0.1, -0.05) is 84.0 Å². The van der Waals surface area contributed by atoms with Gasteiger partial charge in [0.05, 0.1) is 6.61 Å². The lowest BCUT2D eigenvalue weighted by molar-refractivity contribution is -0.190. The largest absolute Gasteiger partial charge is 0.433 e. The molecule has 1 aliphatic rings. The van der Waals surface area contributed by atoms with Crippen LogP contribution in [0.4, 0.5) is 0 Å². The Kier molecular flexibility index (Phi) is 13.8. The molecule has 6 nitrogen and oxygen atoms in total. The monoisotopic (exact) mass is 388 g/mol. The highest BCUT2D eigenvalue weighted by atomic mass is 16.7. The van der Waals surface area contributed by atoms with Crippen LogP contribution in [-0.2, 0) is 14.3 Å². The van der Waals surface area contributed by atoms with E-state index in [0.717, 1.165) is 19.3 Å². The number of carbonyl (C=O) groups excluding carboxylic acids is 1. The first kappa shape index (κ1) is 24.3.